The first-order valence-corrected chi connectivity index (χ1v) is 13.3. The van der Waals surface area contributed by atoms with Crippen molar-refractivity contribution in [3.05, 3.63) is 59.7 Å². The predicted molar refractivity (Wildman–Crippen MR) is 137 cm³/mol. The van der Waals surface area contributed by atoms with Crippen LogP contribution in [0.15, 0.2) is 53.4 Å². The zero-order chi connectivity index (χ0) is 26.0. The minimum absolute atomic E-state index is 0.113. The molecule has 192 valence electrons. The number of aryl methyl sites for hydroxylation is 1. The molecule has 0 aliphatic rings. The third-order valence-electron chi connectivity index (χ3n) is 5.79. The summed E-state index contributed by atoms with van der Waals surface area (Å²) in [6.45, 7) is 6.02. The van der Waals surface area contributed by atoms with E-state index in [1.807, 2.05) is 32.9 Å². The molecule has 2 amide bonds. The summed E-state index contributed by atoms with van der Waals surface area (Å²) < 4.78 is 32.4. The first-order valence-electron chi connectivity index (χ1n) is 11.9. The molecule has 1 N–H and O–H groups in total. The fourth-order valence-electron chi connectivity index (χ4n) is 3.65. The molecular formula is C26H37N3O5S. The van der Waals surface area contributed by atoms with Gasteiger partial charge in [0.15, 0.2) is 0 Å². The van der Waals surface area contributed by atoms with Crippen molar-refractivity contribution in [2.75, 3.05) is 27.2 Å². The first kappa shape index (κ1) is 28.3. The Hall–Kier alpha value is -2.91. The van der Waals surface area contributed by atoms with Gasteiger partial charge in [-0.25, -0.2) is 8.42 Å². The topological polar surface area (TPSA) is 96.0 Å². The van der Waals surface area contributed by atoms with Crippen LogP contribution >= 0.6 is 0 Å². The van der Waals surface area contributed by atoms with E-state index in [0.29, 0.717) is 18.7 Å². The number of amides is 2. The van der Waals surface area contributed by atoms with Crippen molar-refractivity contribution in [1.29, 1.82) is 0 Å². The largest absolute Gasteiger partial charge is 0.497 e. The highest BCUT2D eigenvalue weighted by Crippen LogP contribution is 2.19. The summed E-state index contributed by atoms with van der Waals surface area (Å²) >= 11 is 0. The van der Waals surface area contributed by atoms with E-state index in [1.54, 1.807) is 31.4 Å². The lowest BCUT2D eigenvalue weighted by molar-refractivity contribution is -0.141. The maximum absolute atomic E-state index is 13.5. The quantitative estimate of drug-likeness (QED) is 0.423. The van der Waals surface area contributed by atoms with Crippen LogP contribution in [-0.4, -0.2) is 62.7 Å². The number of carbonyl (C=O) groups excluding carboxylic acids is 2. The Morgan fingerprint density at radius 1 is 1.09 bits per heavy atom. The average Bonchev–Trinajstić information content (AvgIpc) is 2.84. The first-order chi connectivity index (χ1) is 16.6. The van der Waals surface area contributed by atoms with Gasteiger partial charge in [-0.3, -0.25) is 9.59 Å². The molecule has 0 aromatic heterocycles. The SMILES string of the molecule is CCCCNC(=O)C(CC)N(Cc1cccc(OC)c1)C(=O)CN(C)S(=O)(=O)c1ccc(C)cc1. The molecule has 0 bridgehead atoms. The fourth-order valence-corrected chi connectivity index (χ4v) is 4.77. The van der Waals surface area contributed by atoms with E-state index in [-0.39, 0.29) is 23.9 Å². The molecule has 0 spiro atoms. The standard InChI is InChI=1S/C26H37N3O5S/c1-6-8-16-27-26(31)24(7-2)29(18-21-10-9-11-22(17-21)34-5)25(30)19-28(4)35(32,33)23-14-12-20(3)13-15-23/h9-15,17,24H,6-8,16,18-19H2,1-5H3,(H,27,31). The fraction of sp³-hybridized carbons (Fsp3) is 0.462. The lowest BCUT2D eigenvalue weighted by atomic mass is 10.1. The van der Waals surface area contributed by atoms with Crippen molar-refractivity contribution in [2.24, 2.45) is 0 Å². The molecule has 1 unspecified atom stereocenters. The van der Waals surface area contributed by atoms with Crippen molar-refractivity contribution in [1.82, 2.24) is 14.5 Å². The molecule has 0 aliphatic heterocycles. The molecule has 0 radical (unpaired) electrons. The number of ether oxygens (including phenoxy) is 1. The highest BCUT2D eigenvalue weighted by Gasteiger charge is 2.31. The summed E-state index contributed by atoms with van der Waals surface area (Å²) in [7, 11) is -0.940. The van der Waals surface area contributed by atoms with Gasteiger partial charge in [0, 0.05) is 20.1 Å². The molecule has 2 aromatic carbocycles. The number of nitrogens with zero attached hydrogens (tertiary/aromatic N) is 2. The van der Waals surface area contributed by atoms with Gasteiger partial charge in [0.1, 0.15) is 11.8 Å². The Kier molecular flexibility index (Phi) is 10.7. The molecular weight excluding hydrogens is 466 g/mol. The summed E-state index contributed by atoms with van der Waals surface area (Å²) in [5.41, 5.74) is 1.72. The summed E-state index contributed by atoms with van der Waals surface area (Å²) in [4.78, 5) is 28.0. The van der Waals surface area contributed by atoms with Gasteiger partial charge in [-0.05, 0) is 49.6 Å². The molecule has 0 heterocycles. The van der Waals surface area contributed by atoms with E-state index in [2.05, 4.69) is 5.32 Å². The highest BCUT2D eigenvalue weighted by molar-refractivity contribution is 7.89. The van der Waals surface area contributed by atoms with E-state index in [1.165, 1.54) is 24.1 Å². The van der Waals surface area contributed by atoms with Gasteiger partial charge in [0.05, 0.1) is 18.6 Å². The molecule has 0 aliphatic carbocycles. The number of methoxy groups -OCH3 is 1. The van der Waals surface area contributed by atoms with Crippen LogP contribution in [0, 0.1) is 6.92 Å². The van der Waals surface area contributed by atoms with Crippen molar-refractivity contribution >= 4 is 21.8 Å². The number of nitrogens with one attached hydrogen (secondary N) is 1. The van der Waals surface area contributed by atoms with Gasteiger partial charge in [-0.15, -0.1) is 0 Å². The highest BCUT2D eigenvalue weighted by atomic mass is 32.2. The average molecular weight is 504 g/mol. The van der Waals surface area contributed by atoms with Crippen LogP contribution < -0.4 is 10.1 Å². The molecule has 2 rings (SSSR count). The van der Waals surface area contributed by atoms with Crippen molar-refractivity contribution < 1.29 is 22.7 Å². The number of rotatable bonds is 13. The van der Waals surface area contributed by atoms with Gasteiger partial charge in [-0.1, -0.05) is 50.1 Å². The zero-order valence-electron chi connectivity index (χ0n) is 21.3. The minimum atomic E-state index is -3.87. The van der Waals surface area contributed by atoms with Crippen LogP contribution in [0.5, 0.6) is 5.75 Å². The Labute approximate surface area is 209 Å². The van der Waals surface area contributed by atoms with E-state index >= 15 is 0 Å². The van der Waals surface area contributed by atoms with Crippen LogP contribution in [-0.2, 0) is 26.2 Å². The van der Waals surface area contributed by atoms with E-state index in [9.17, 15) is 18.0 Å². The number of benzene rings is 2. The molecule has 0 saturated carbocycles. The van der Waals surface area contributed by atoms with E-state index in [0.717, 1.165) is 28.3 Å². The molecule has 35 heavy (non-hydrogen) atoms. The number of sulfonamides is 1. The maximum atomic E-state index is 13.5. The van der Waals surface area contributed by atoms with E-state index < -0.39 is 22.0 Å². The van der Waals surface area contributed by atoms with Crippen molar-refractivity contribution in [3.8, 4) is 5.75 Å². The van der Waals surface area contributed by atoms with Gasteiger partial charge in [0.25, 0.3) is 0 Å². The monoisotopic (exact) mass is 503 g/mol. The predicted octanol–water partition coefficient (Wildman–Crippen LogP) is 3.35. The summed E-state index contributed by atoms with van der Waals surface area (Å²) in [6, 6.07) is 13.0. The van der Waals surface area contributed by atoms with Gasteiger partial charge in [-0.2, -0.15) is 4.31 Å². The van der Waals surface area contributed by atoms with Gasteiger partial charge in [0.2, 0.25) is 21.8 Å². The van der Waals surface area contributed by atoms with Crippen molar-refractivity contribution in [3.63, 3.8) is 0 Å². The minimum Gasteiger partial charge on any atom is -0.497 e. The molecule has 1 atom stereocenters. The molecule has 0 saturated heterocycles. The normalized spacial score (nSPS) is 12.3. The third-order valence-corrected chi connectivity index (χ3v) is 7.61. The summed E-state index contributed by atoms with van der Waals surface area (Å²) in [5.74, 6) is -0.0702. The Morgan fingerprint density at radius 2 is 1.77 bits per heavy atom. The molecule has 2 aromatic rings. The maximum Gasteiger partial charge on any atom is 0.243 e. The second kappa shape index (κ2) is 13.3. The van der Waals surface area contributed by atoms with Crippen LogP contribution in [0.2, 0.25) is 0 Å². The van der Waals surface area contributed by atoms with Crippen LogP contribution in [0.3, 0.4) is 0 Å². The molecule has 9 heteroatoms. The molecule has 8 nitrogen and oxygen atoms in total. The number of hydrogen-bond donors (Lipinski definition) is 1. The van der Waals surface area contributed by atoms with Gasteiger partial charge >= 0.3 is 0 Å². The second-order valence-electron chi connectivity index (χ2n) is 8.52. The van der Waals surface area contributed by atoms with Crippen molar-refractivity contribution in [2.45, 2.75) is 57.5 Å². The molecule has 0 fully saturated rings. The Morgan fingerprint density at radius 3 is 2.37 bits per heavy atom. The summed E-state index contributed by atoms with van der Waals surface area (Å²) in [5, 5.41) is 2.90. The lowest BCUT2D eigenvalue weighted by Gasteiger charge is -2.32. The number of likely N-dealkylation sites (N-methyl/N-ethyl adjacent to an activating group) is 1. The van der Waals surface area contributed by atoms with Crippen LogP contribution in [0.25, 0.3) is 0 Å². The lowest BCUT2D eigenvalue weighted by Crippen LogP contribution is -2.51. The number of hydrogen-bond acceptors (Lipinski definition) is 5. The number of unbranched alkanes of at least 4 members (excludes halogenated alkanes) is 1. The Bertz CT molecular complexity index is 1090. The van der Waals surface area contributed by atoms with Crippen LogP contribution in [0.4, 0.5) is 0 Å². The smallest absolute Gasteiger partial charge is 0.243 e. The van der Waals surface area contributed by atoms with Gasteiger partial charge < -0.3 is 15.0 Å². The van der Waals surface area contributed by atoms with Crippen LogP contribution in [0.1, 0.15) is 44.2 Å². The number of carbonyl (C=O) groups is 2. The Balaban J connectivity index is 2.31. The summed E-state index contributed by atoms with van der Waals surface area (Å²) in [6.07, 6.45) is 2.16. The zero-order valence-corrected chi connectivity index (χ0v) is 22.1. The van der Waals surface area contributed by atoms with E-state index in [4.69, 9.17) is 4.74 Å². The second-order valence-corrected chi connectivity index (χ2v) is 10.6. The third kappa shape index (κ3) is 7.80.